The van der Waals surface area contributed by atoms with Gasteiger partial charge in [-0.3, -0.25) is 4.79 Å². The fraction of sp³-hybridized carbons (Fsp3) is 0.533. The summed E-state index contributed by atoms with van der Waals surface area (Å²) in [5, 5.41) is 3.11. The van der Waals surface area contributed by atoms with E-state index in [4.69, 9.17) is 5.73 Å². The first-order valence-corrected chi connectivity index (χ1v) is 6.73. The van der Waals surface area contributed by atoms with Crippen LogP contribution in [0, 0.1) is 11.8 Å². The molecule has 3 unspecified atom stereocenters. The summed E-state index contributed by atoms with van der Waals surface area (Å²) in [5.41, 5.74) is 8.74. The van der Waals surface area contributed by atoms with Crippen LogP contribution in [0.25, 0.3) is 0 Å². The molecule has 0 saturated heterocycles. The van der Waals surface area contributed by atoms with Crippen LogP contribution in [-0.4, -0.2) is 18.0 Å². The van der Waals surface area contributed by atoms with Gasteiger partial charge in [-0.05, 0) is 29.4 Å². The molecule has 0 spiro atoms. The lowest BCUT2D eigenvalue weighted by Gasteiger charge is -2.16. The van der Waals surface area contributed by atoms with Gasteiger partial charge in [0.2, 0.25) is 5.91 Å². The van der Waals surface area contributed by atoms with Gasteiger partial charge in [0.25, 0.3) is 0 Å². The molecule has 18 heavy (non-hydrogen) atoms. The monoisotopic (exact) mass is 244 g/mol. The van der Waals surface area contributed by atoms with Crippen LogP contribution in [0.15, 0.2) is 24.3 Å². The highest BCUT2D eigenvalue weighted by Crippen LogP contribution is 2.56. The van der Waals surface area contributed by atoms with Gasteiger partial charge in [-0.15, -0.1) is 0 Å². The number of carbonyl (C=O) groups excluding carboxylic acids is 1. The van der Waals surface area contributed by atoms with Gasteiger partial charge in [0, 0.05) is 12.0 Å². The Kier molecular flexibility index (Phi) is 2.67. The summed E-state index contributed by atoms with van der Waals surface area (Å²) in [6, 6.07) is 8.48. The van der Waals surface area contributed by atoms with Crippen molar-refractivity contribution in [1.82, 2.24) is 5.32 Å². The van der Waals surface area contributed by atoms with Gasteiger partial charge in [0.1, 0.15) is 0 Å². The molecule has 0 bridgehead atoms. The maximum atomic E-state index is 11.9. The lowest BCUT2D eigenvalue weighted by atomic mass is 10.0. The molecular weight excluding hydrogens is 224 g/mol. The van der Waals surface area contributed by atoms with Crippen LogP contribution in [0.1, 0.15) is 30.9 Å². The number of carbonyl (C=O) groups is 1. The molecule has 2 aliphatic rings. The second kappa shape index (κ2) is 4.09. The minimum atomic E-state index is -0.387. The summed E-state index contributed by atoms with van der Waals surface area (Å²) in [4.78, 5) is 11.9. The lowest BCUT2D eigenvalue weighted by Crippen LogP contribution is -2.45. The molecule has 1 fully saturated rings. The van der Waals surface area contributed by atoms with E-state index in [0.29, 0.717) is 17.9 Å². The van der Waals surface area contributed by atoms with Gasteiger partial charge in [-0.1, -0.05) is 38.1 Å². The Morgan fingerprint density at radius 1 is 1.39 bits per heavy atom. The molecule has 2 aliphatic carbocycles. The first kappa shape index (κ1) is 11.7. The quantitative estimate of drug-likeness (QED) is 0.845. The third kappa shape index (κ3) is 1.74. The smallest absolute Gasteiger partial charge is 0.237 e. The van der Waals surface area contributed by atoms with Crippen molar-refractivity contribution in [2.75, 3.05) is 0 Å². The zero-order valence-electron chi connectivity index (χ0n) is 10.9. The molecule has 3 N–H and O–H groups in total. The standard InChI is InChI=1S/C15H20N2O/c1-8(2)13(16)15(18)17-14-11-7-9-5-3-4-6-10(9)12(11)14/h3-6,8,11-14H,7,16H2,1-2H3,(H,17,18)/t11?,12?,13-,14?/m0/s1. The Balaban J connectivity index is 1.65. The fourth-order valence-corrected chi connectivity index (χ4v) is 3.11. The highest BCUT2D eigenvalue weighted by atomic mass is 16.2. The summed E-state index contributed by atoms with van der Waals surface area (Å²) in [6.45, 7) is 3.96. The second-order valence-corrected chi connectivity index (χ2v) is 5.90. The molecule has 96 valence electrons. The van der Waals surface area contributed by atoms with Crippen molar-refractivity contribution >= 4 is 5.91 Å². The Morgan fingerprint density at radius 3 is 2.83 bits per heavy atom. The van der Waals surface area contributed by atoms with Crippen molar-refractivity contribution in [1.29, 1.82) is 0 Å². The molecule has 0 radical (unpaired) electrons. The third-order valence-electron chi connectivity index (χ3n) is 4.37. The highest BCUT2D eigenvalue weighted by Gasteiger charge is 2.56. The van der Waals surface area contributed by atoms with E-state index in [0.717, 1.165) is 6.42 Å². The average Bonchev–Trinajstić information content (AvgIpc) is 2.86. The predicted octanol–water partition coefficient (Wildman–Crippen LogP) is 1.42. The van der Waals surface area contributed by atoms with E-state index in [9.17, 15) is 4.79 Å². The number of hydrogen-bond donors (Lipinski definition) is 2. The van der Waals surface area contributed by atoms with Crippen molar-refractivity contribution in [2.45, 2.75) is 38.3 Å². The largest absolute Gasteiger partial charge is 0.351 e. The van der Waals surface area contributed by atoms with Crippen LogP contribution < -0.4 is 11.1 Å². The van der Waals surface area contributed by atoms with Crippen LogP contribution in [-0.2, 0) is 11.2 Å². The zero-order chi connectivity index (χ0) is 12.9. The second-order valence-electron chi connectivity index (χ2n) is 5.90. The number of nitrogens with one attached hydrogen (secondary N) is 1. The molecule has 0 aromatic heterocycles. The van der Waals surface area contributed by atoms with E-state index in [1.807, 2.05) is 13.8 Å². The lowest BCUT2D eigenvalue weighted by molar-refractivity contribution is -0.123. The van der Waals surface area contributed by atoms with Gasteiger partial charge in [0.15, 0.2) is 0 Å². The molecule has 1 amide bonds. The van der Waals surface area contributed by atoms with Gasteiger partial charge >= 0.3 is 0 Å². The Morgan fingerprint density at radius 2 is 2.11 bits per heavy atom. The van der Waals surface area contributed by atoms with Gasteiger partial charge in [-0.2, -0.15) is 0 Å². The van der Waals surface area contributed by atoms with Gasteiger partial charge in [0.05, 0.1) is 6.04 Å². The number of rotatable bonds is 3. The molecule has 0 heterocycles. The van der Waals surface area contributed by atoms with Crippen LogP contribution in [0.3, 0.4) is 0 Å². The highest BCUT2D eigenvalue weighted by molar-refractivity contribution is 5.82. The fourth-order valence-electron chi connectivity index (χ4n) is 3.11. The minimum absolute atomic E-state index is 0.00174. The van der Waals surface area contributed by atoms with E-state index in [1.54, 1.807) is 0 Å². The maximum absolute atomic E-state index is 11.9. The first-order valence-electron chi connectivity index (χ1n) is 6.73. The van der Waals surface area contributed by atoms with Crippen molar-refractivity contribution in [2.24, 2.45) is 17.6 Å². The molecular formula is C15H20N2O. The summed E-state index contributed by atoms with van der Waals surface area (Å²) in [6.07, 6.45) is 1.10. The minimum Gasteiger partial charge on any atom is -0.351 e. The Labute approximate surface area is 108 Å². The summed E-state index contributed by atoms with van der Waals surface area (Å²) in [5.74, 6) is 1.33. The molecule has 3 nitrogen and oxygen atoms in total. The number of fused-ring (bicyclic) bond motifs is 3. The third-order valence-corrected chi connectivity index (χ3v) is 4.37. The van der Waals surface area contributed by atoms with E-state index >= 15 is 0 Å². The Bertz CT molecular complexity index is 483. The number of nitrogens with two attached hydrogens (primary N) is 1. The van der Waals surface area contributed by atoms with Gasteiger partial charge in [-0.25, -0.2) is 0 Å². The van der Waals surface area contributed by atoms with Gasteiger partial charge < -0.3 is 11.1 Å². The topological polar surface area (TPSA) is 55.1 Å². The molecule has 1 saturated carbocycles. The molecule has 3 rings (SSSR count). The van der Waals surface area contributed by atoms with Crippen LogP contribution >= 0.6 is 0 Å². The molecule has 3 heteroatoms. The van der Waals surface area contributed by atoms with Crippen molar-refractivity contribution in [3.8, 4) is 0 Å². The SMILES string of the molecule is CC(C)[C@H](N)C(=O)NC1C2Cc3ccccc3C21. The van der Waals surface area contributed by atoms with E-state index in [1.165, 1.54) is 11.1 Å². The molecule has 4 atom stereocenters. The van der Waals surface area contributed by atoms with Crippen molar-refractivity contribution in [3.05, 3.63) is 35.4 Å². The zero-order valence-corrected chi connectivity index (χ0v) is 10.9. The molecule has 0 aliphatic heterocycles. The van der Waals surface area contributed by atoms with Crippen LogP contribution in [0.2, 0.25) is 0 Å². The summed E-state index contributed by atoms with van der Waals surface area (Å²) >= 11 is 0. The number of amides is 1. The number of hydrogen-bond acceptors (Lipinski definition) is 2. The van der Waals surface area contributed by atoms with Crippen LogP contribution in [0.4, 0.5) is 0 Å². The van der Waals surface area contributed by atoms with Crippen molar-refractivity contribution in [3.63, 3.8) is 0 Å². The van der Waals surface area contributed by atoms with E-state index < -0.39 is 0 Å². The average molecular weight is 244 g/mol. The molecule has 1 aromatic carbocycles. The summed E-state index contributed by atoms with van der Waals surface area (Å²) in [7, 11) is 0. The predicted molar refractivity (Wildman–Crippen MR) is 71.1 cm³/mol. The van der Waals surface area contributed by atoms with E-state index in [2.05, 4.69) is 29.6 Å². The maximum Gasteiger partial charge on any atom is 0.237 e. The van der Waals surface area contributed by atoms with E-state index in [-0.39, 0.29) is 17.9 Å². The van der Waals surface area contributed by atoms with Crippen molar-refractivity contribution < 1.29 is 4.79 Å². The first-order chi connectivity index (χ1) is 8.59. The Hall–Kier alpha value is -1.35. The summed E-state index contributed by atoms with van der Waals surface area (Å²) < 4.78 is 0. The number of benzene rings is 1. The molecule has 1 aromatic rings. The normalized spacial score (nSPS) is 29.7. The van der Waals surface area contributed by atoms with Crippen LogP contribution in [0.5, 0.6) is 0 Å².